The first-order valence-electron chi connectivity index (χ1n) is 6.32. The van der Waals surface area contributed by atoms with E-state index in [1.54, 1.807) is 0 Å². The fourth-order valence-corrected chi connectivity index (χ4v) is 2.21. The lowest BCUT2D eigenvalue weighted by molar-refractivity contribution is 0.561. The van der Waals surface area contributed by atoms with Gasteiger partial charge < -0.3 is 9.73 Å². The number of aromatic amines is 1. The summed E-state index contributed by atoms with van der Waals surface area (Å²) in [7, 11) is 1.94. The molecule has 0 saturated carbocycles. The van der Waals surface area contributed by atoms with E-state index in [-0.39, 0.29) is 0 Å². The van der Waals surface area contributed by atoms with E-state index in [1.807, 2.05) is 38.4 Å². The van der Waals surface area contributed by atoms with Gasteiger partial charge in [-0.25, -0.2) is 4.98 Å². The molecule has 0 atom stereocenters. The Kier molecular flexibility index (Phi) is 3.05. The van der Waals surface area contributed by atoms with Gasteiger partial charge in [0.2, 0.25) is 0 Å². The SMILES string of the molecule is CNCCc1[nH]ncc1-c1ccc2oc(C)nc2c1. The third-order valence-electron chi connectivity index (χ3n) is 3.15. The molecule has 19 heavy (non-hydrogen) atoms. The normalized spacial score (nSPS) is 11.3. The van der Waals surface area contributed by atoms with Gasteiger partial charge in [-0.15, -0.1) is 0 Å². The van der Waals surface area contributed by atoms with Crippen molar-refractivity contribution >= 4 is 11.1 Å². The summed E-state index contributed by atoms with van der Waals surface area (Å²) in [5.74, 6) is 0.690. The molecule has 0 fully saturated rings. The molecule has 0 spiro atoms. The Morgan fingerprint density at radius 2 is 2.26 bits per heavy atom. The van der Waals surface area contributed by atoms with Gasteiger partial charge in [0.05, 0.1) is 6.20 Å². The summed E-state index contributed by atoms with van der Waals surface area (Å²) < 4.78 is 5.49. The number of rotatable bonds is 4. The van der Waals surface area contributed by atoms with Crippen molar-refractivity contribution in [3.8, 4) is 11.1 Å². The molecule has 0 aliphatic carbocycles. The number of H-pyrrole nitrogens is 1. The number of likely N-dealkylation sites (N-methyl/N-ethyl adjacent to an activating group) is 1. The molecular formula is C14H16N4O. The summed E-state index contributed by atoms with van der Waals surface area (Å²) >= 11 is 0. The molecule has 0 unspecified atom stereocenters. The molecule has 2 heterocycles. The Bertz CT molecular complexity index is 698. The van der Waals surface area contributed by atoms with Gasteiger partial charge in [-0.1, -0.05) is 6.07 Å². The molecule has 2 N–H and O–H groups in total. The van der Waals surface area contributed by atoms with Crippen molar-refractivity contribution in [3.63, 3.8) is 0 Å². The van der Waals surface area contributed by atoms with Crippen LogP contribution in [0.1, 0.15) is 11.6 Å². The average Bonchev–Trinajstić information content (AvgIpc) is 2.99. The van der Waals surface area contributed by atoms with Crippen LogP contribution in [0.4, 0.5) is 0 Å². The molecule has 98 valence electrons. The fourth-order valence-electron chi connectivity index (χ4n) is 2.21. The van der Waals surface area contributed by atoms with E-state index in [0.717, 1.165) is 40.9 Å². The van der Waals surface area contributed by atoms with Gasteiger partial charge in [0, 0.05) is 31.1 Å². The number of fused-ring (bicyclic) bond motifs is 1. The molecule has 5 nitrogen and oxygen atoms in total. The van der Waals surface area contributed by atoms with Crippen LogP contribution in [-0.2, 0) is 6.42 Å². The molecule has 0 aliphatic heterocycles. The second-order valence-electron chi connectivity index (χ2n) is 4.53. The van der Waals surface area contributed by atoms with Gasteiger partial charge in [-0.2, -0.15) is 5.10 Å². The minimum Gasteiger partial charge on any atom is -0.441 e. The zero-order valence-electron chi connectivity index (χ0n) is 11.0. The second-order valence-corrected chi connectivity index (χ2v) is 4.53. The van der Waals surface area contributed by atoms with E-state index < -0.39 is 0 Å². The van der Waals surface area contributed by atoms with Crippen molar-refractivity contribution in [2.75, 3.05) is 13.6 Å². The lowest BCUT2D eigenvalue weighted by atomic mass is 10.0. The third-order valence-corrected chi connectivity index (χ3v) is 3.15. The molecule has 0 aliphatic rings. The molecule has 0 amide bonds. The summed E-state index contributed by atoms with van der Waals surface area (Å²) in [6, 6.07) is 6.04. The molecule has 3 rings (SSSR count). The average molecular weight is 256 g/mol. The van der Waals surface area contributed by atoms with Crippen LogP contribution in [-0.4, -0.2) is 28.8 Å². The van der Waals surface area contributed by atoms with Crippen molar-refractivity contribution in [1.82, 2.24) is 20.5 Å². The molecule has 0 radical (unpaired) electrons. The molecule has 1 aromatic carbocycles. The van der Waals surface area contributed by atoms with Gasteiger partial charge in [-0.3, -0.25) is 5.10 Å². The number of hydrogen-bond donors (Lipinski definition) is 2. The minimum absolute atomic E-state index is 0.690. The Balaban J connectivity index is 2.01. The predicted octanol–water partition coefficient (Wildman–Crippen LogP) is 2.29. The van der Waals surface area contributed by atoms with Crippen LogP contribution in [0.2, 0.25) is 0 Å². The highest BCUT2D eigenvalue weighted by molar-refractivity contribution is 5.80. The van der Waals surface area contributed by atoms with Crippen LogP contribution in [0, 0.1) is 6.92 Å². The zero-order chi connectivity index (χ0) is 13.2. The third kappa shape index (κ3) is 2.24. The summed E-state index contributed by atoms with van der Waals surface area (Å²) in [6.07, 6.45) is 2.78. The Labute approximate surface area is 111 Å². The van der Waals surface area contributed by atoms with Crippen LogP contribution >= 0.6 is 0 Å². The maximum atomic E-state index is 5.49. The van der Waals surface area contributed by atoms with Gasteiger partial charge in [0.25, 0.3) is 0 Å². The highest BCUT2D eigenvalue weighted by Crippen LogP contribution is 2.26. The van der Waals surface area contributed by atoms with Crippen LogP contribution in [0.3, 0.4) is 0 Å². The number of benzene rings is 1. The van der Waals surface area contributed by atoms with Crippen molar-refractivity contribution in [3.05, 3.63) is 36.0 Å². The molecule has 0 saturated heterocycles. The number of nitrogens with zero attached hydrogens (tertiary/aromatic N) is 2. The number of hydrogen-bond acceptors (Lipinski definition) is 4. The standard InChI is InChI=1S/C14H16N4O/c1-9-17-13-7-10(3-4-14(13)19-9)11-8-16-18-12(11)5-6-15-2/h3-4,7-8,15H,5-6H2,1-2H3,(H,16,18). The van der Waals surface area contributed by atoms with Crippen molar-refractivity contribution in [2.45, 2.75) is 13.3 Å². The van der Waals surface area contributed by atoms with Crippen LogP contribution in [0.25, 0.3) is 22.2 Å². The number of aryl methyl sites for hydroxylation is 1. The summed E-state index contributed by atoms with van der Waals surface area (Å²) in [5.41, 5.74) is 5.07. The fraction of sp³-hybridized carbons (Fsp3) is 0.286. The maximum absolute atomic E-state index is 5.49. The molecule has 5 heteroatoms. The summed E-state index contributed by atoms with van der Waals surface area (Å²) in [4.78, 5) is 4.37. The Hall–Kier alpha value is -2.14. The maximum Gasteiger partial charge on any atom is 0.192 e. The lowest BCUT2D eigenvalue weighted by Crippen LogP contribution is -2.11. The highest BCUT2D eigenvalue weighted by Gasteiger charge is 2.10. The molecular weight excluding hydrogens is 240 g/mol. The van der Waals surface area contributed by atoms with Crippen molar-refractivity contribution < 1.29 is 4.42 Å². The van der Waals surface area contributed by atoms with Crippen LogP contribution in [0.15, 0.2) is 28.8 Å². The molecule has 2 aromatic heterocycles. The molecule has 3 aromatic rings. The summed E-state index contributed by atoms with van der Waals surface area (Å²) in [5, 5.41) is 10.3. The first-order valence-corrected chi connectivity index (χ1v) is 6.32. The Morgan fingerprint density at radius 1 is 1.37 bits per heavy atom. The number of nitrogens with one attached hydrogen (secondary N) is 2. The first-order chi connectivity index (χ1) is 9.28. The first kappa shape index (κ1) is 11.9. The van der Waals surface area contributed by atoms with Crippen LogP contribution < -0.4 is 5.32 Å². The van der Waals surface area contributed by atoms with E-state index >= 15 is 0 Å². The van der Waals surface area contributed by atoms with Crippen molar-refractivity contribution in [1.29, 1.82) is 0 Å². The Morgan fingerprint density at radius 3 is 3.11 bits per heavy atom. The van der Waals surface area contributed by atoms with Gasteiger partial charge in [0.1, 0.15) is 5.52 Å². The van der Waals surface area contributed by atoms with Gasteiger partial charge >= 0.3 is 0 Å². The zero-order valence-corrected chi connectivity index (χ0v) is 11.0. The summed E-state index contributed by atoms with van der Waals surface area (Å²) in [6.45, 7) is 2.77. The predicted molar refractivity (Wildman–Crippen MR) is 74.0 cm³/mol. The monoisotopic (exact) mass is 256 g/mol. The van der Waals surface area contributed by atoms with Crippen LogP contribution in [0.5, 0.6) is 0 Å². The van der Waals surface area contributed by atoms with E-state index in [1.165, 1.54) is 0 Å². The number of aromatic nitrogens is 3. The van der Waals surface area contributed by atoms with E-state index in [9.17, 15) is 0 Å². The minimum atomic E-state index is 0.690. The highest BCUT2D eigenvalue weighted by atomic mass is 16.3. The molecule has 0 bridgehead atoms. The smallest absolute Gasteiger partial charge is 0.192 e. The van der Waals surface area contributed by atoms with E-state index in [0.29, 0.717) is 5.89 Å². The lowest BCUT2D eigenvalue weighted by Gasteiger charge is -2.03. The number of oxazole rings is 1. The quantitative estimate of drug-likeness (QED) is 0.751. The second kappa shape index (κ2) is 4.85. The van der Waals surface area contributed by atoms with Gasteiger partial charge in [0.15, 0.2) is 11.5 Å². The van der Waals surface area contributed by atoms with Gasteiger partial charge in [-0.05, 0) is 24.7 Å². The topological polar surface area (TPSA) is 66.7 Å². The largest absolute Gasteiger partial charge is 0.441 e. The van der Waals surface area contributed by atoms with Crippen molar-refractivity contribution in [2.24, 2.45) is 0 Å². The van der Waals surface area contributed by atoms with E-state index in [4.69, 9.17) is 4.42 Å². The van der Waals surface area contributed by atoms with E-state index in [2.05, 4.69) is 20.5 Å².